The van der Waals surface area contributed by atoms with Crippen molar-refractivity contribution in [1.29, 1.82) is 0 Å². The quantitative estimate of drug-likeness (QED) is 0.702. The minimum absolute atomic E-state index is 0.0330. The van der Waals surface area contributed by atoms with Crippen LogP contribution >= 0.6 is 0 Å². The number of anilines is 2. The van der Waals surface area contributed by atoms with Crippen LogP contribution < -0.4 is 21.9 Å². The summed E-state index contributed by atoms with van der Waals surface area (Å²) in [4.78, 5) is 40.3. The van der Waals surface area contributed by atoms with Crippen LogP contribution in [0.3, 0.4) is 0 Å². The smallest absolute Gasteiger partial charge is 0.330 e. The van der Waals surface area contributed by atoms with E-state index in [9.17, 15) is 23.2 Å². The topological polar surface area (TPSA) is 110 Å². The summed E-state index contributed by atoms with van der Waals surface area (Å²) < 4.78 is 34.3. The summed E-state index contributed by atoms with van der Waals surface area (Å²) in [5.41, 5.74) is 3.16. The second kappa shape index (κ2) is 9.27. The number of carbonyl (C=O) groups excluding carboxylic acids is 1. The zero-order chi connectivity index (χ0) is 20.8. The first-order valence-corrected chi connectivity index (χ1v) is 8.70. The number of hydrogen-bond acceptors (Lipinski definition) is 5. The number of aromatic amines is 1. The van der Waals surface area contributed by atoms with E-state index in [0.717, 1.165) is 34.1 Å². The summed E-state index contributed by atoms with van der Waals surface area (Å²) in [5.74, 6) is -3.53. The fourth-order valence-electron chi connectivity index (χ4n) is 2.71. The molecule has 1 amide bonds. The molecule has 0 aliphatic carbocycles. The number of benzene rings is 1. The lowest BCUT2D eigenvalue weighted by Gasteiger charge is -2.24. The van der Waals surface area contributed by atoms with Crippen LogP contribution in [0.5, 0.6) is 0 Å². The van der Waals surface area contributed by atoms with Crippen LogP contribution in [0.1, 0.15) is 30.1 Å². The van der Waals surface area contributed by atoms with Gasteiger partial charge < -0.3 is 10.5 Å². The van der Waals surface area contributed by atoms with Crippen molar-refractivity contribution in [2.75, 3.05) is 30.9 Å². The van der Waals surface area contributed by atoms with E-state index in [0.29, 0.717) is 6.42 Å². The number of carbonyl (C=O) groups is 1. The SMILES string of the molecule is CCCCn1c(N)c(N(CCOC)C(=O)c2c(F)cccc2F)c(=O)[nH]c1=O. The summed E-state index contributed by atoms with van der Waals surface area (Å²) >= 11 is 0. The van der Waals surface area contributed by atoms with E-state index in [1.807, 2.05) is 6.92 Å². The molecule has 0 radical (unpaired) electrons. The zero-order valence-corrected chi connectivity index (χ0v) is 15.6. The molecule has 28 heavy (non-hydrogen) atoms. The van der Waals surface area contributed by atoms with Crippen LogP contribution in [-0.4, -0.2) is 35.7 Å². The lowest BCUT2D eigenvalue weighted by molar-refractivity contribution is 0.0967. The highest BCUT2D eigenvalue weighted by atomic mass is 19.1. The van der Waals surface area contributed by atoms with Crippen LogP contribution in [0, 0.1) is 11.6 Å². The number of ether oxygens (including phenoxy) is 1. The van der Waals surface area contributed by atoms with Crippen molar-refractivity contribution in [2.45, 2.75) is 26.3 Å². The van der Waals surface area contributed by atoms with Crippen LogP contribution in [-0.2, 0) is 11.3 Å². The molecule has 1 aromatic carbocycles. The van der Waals surface area contributed by atoms with E-state index in [1.165, 1.54) is 7.11 Å². The number of aromatic nitrogens is 2. The third-order valence-electron chi connectivity index (χ3n) is 4.16. The summed E-state index contributed by atoms with van der Waals surface area (Å²) in [6.45, 7) is 1.88. The first-order chi connectivity index (χ1) is 13.3. The molecule has 0 aliphatic heterocycles. The molecule has 0 atom stereocenters. The number of nitrogens with two attached hydrogens (primary N) is 1. The minimum atomic E-state index is -1.11. The Kier molecular flexibility index (Phi) is 7.05. The van der Waals surface area contributed by atoms with Crippen LogP contribution in [0.25, 0.3) is 0 Å². The lowest BCUT2D eigenvalue weighted by Crippen LogP contribution is -2.43. The van der Waals surface area contributed by atoms with Gasteiger partial charge in [-0.1, -0.05) is 19.4 Å². The van der Waals surface area contributed by atoms with Gasteiger partial charge in [0, 0.05) is 20.2 Å². The van der Waals surface area contributed by atoms with E-state index in [1.54, 1.807) is 0 Å². The zero-order valence-electron chi connectivity index (χ0n) is 15.6. The number of rotatable bonds is 8. The van der Waals surface area contributed by atoms with Gasteiger partial charge in [0.05, 0.1) is 6.61 Å². The molecule has 0 saturated heterocycles. The largest absolute Gasteiger partial charge is 0.383 e. The van der Waals surface area contributed by atoms with Crippen molar-refractivity contribution < 1.29 is 18.3 Å². The highest BCUT2D eigenvalue weighted by Crippen LogP contribution is 2.22. The van der Waals surface area contributed by atoms with Gasteiger partial charge in [0.25, 0.3) is 11.5 Å². The number of hydrogen-bond donors (Lipinski definition) is 2. The summed E-state index contributed by atoms with van der Waals surface area (Å²) in [5, 5.41) is 0. The predicted molar refractivity (Wildman–Crippen MR) is 101 cm³/mol. The van der Waals surface area contributed by atoms with Crippen LogP contribution in [0.15, 0.2) is 27.8 Å². The van der Waals surface area contributed by atoms with Crippen LogP contribution in [0.2, 0.25) is 0 Å². The molecule has 152 valence electrons. The highest BCUT2D eigenvalue weighted by molar-refractivity contribution is 6.07. The third-order valence-corrected chi connectivity index (χ3v) is 4.16. The Morgan fingerprint density at radius 3 is 2.50 bits per heavy atom. The van der Waals surface area contributed by atoms with Gasteiger partial charge in [-0.3, -0.25) is 24.0 Å². The van der Waals surface area contributed by atoms with E-state index < -0.39 is 34.4 Å². The van der Waals surface area contributed by atoms with Crippen molar-refractivity contribution in [2.24, 2.45) is 0 Å². The molecule has 0 unspecified atom stereocenters. The van der Waals surface area contributed by atoms with Crippen molar-refractivity contribution in [1.82, 2.24) is 9.55 Å². The van der Waals surface area contributed by atoms with Gasteiger partial charge in [-0.05, 0) is 18.6 Å². The molecule has 0 bridgehead atoms. The fraction of sp³-hybridized carbons (Fsp3) is 0.389. The van der Waals surface area contributed by atoms with Gasteiger partial charge in [0.2, 0.25) is 0 Å². The number of nitrogen functional groups attached to an aromatic ring is 1. The fourth-order valence-corrected chi connectivity index (χ4v) is 2.71. The van der Waals surface area contributed by atoms with E-state index in [2.05, 4.69) is 4.98 Å². The predicted octanol–water partition coefficient (Wildman–Crippen LogP) is 1.49. The Morgan fingerprint density at radius 2 is 1.93 bits per heavy atom. The number of methoxy groups -OCH3 is 1. The number of nitrogens with zero attached hydrogens (tertiary/aromatic N) is 2. The Hall–Kier alpha value is -3.01. The first kappa shape index (κ1) is 21.3. The molecule has 0 saturated carbocycles. The molecule has 3 N–H and O–H groups in total. The summed E-state index contributed by atoms with van der Waals surface area (Å²) in [6.07, 6.45) is 1.36. The van der Waals surface area contributed by atoms with Crippen molar-refractivity contribution in [3.05, 3.63) is 56.2 Å². The molecule has 8 nitrogen and oxygen atoms in total. The van der Waals surface area contributed by atoms with Gasteiger partial charge in [-0.25, -0.2) is 13.6 Å². The maximum Gasteiger partial charge on any atom is 0.330 e. The highest BCUT2D eigenvalue weighted by Gasteiger charge is 2.28. The average molecular weight is 396 g/mol. The van der Waals surface area contributed by atoms with Crippen molar-refractivity contribution in [3.8, 4) is 0 Å². The first-order valence-electron chi connectivity index (χ1n) is 8.70. The van der Waals surface area contributed by atoms with Crippen molar-refractivity contribution >= 4 is 17.4 Å². The third kappa shape index (κ3) is 4.28. The van der Waals surface area contributed by atoms with E-state index >= 15 is 0 Å². The number of amides is 1. The number of H-pyrrole nitrogens is 1. The molecular weight excluding hydrogens is 374 g/mol. The molecule has 2 rings (SSSR count). The maximum atomic E-state index is 14.1. The van der Waals surface area contributed by atoms with Crippen molar-refractivity contribution in [3.63, 3.8) is 0 Å². The van der Waals surface area contributed by atoms with E-state index in [-0.39, 0.29) is 31.2 Å². The number of nitrogens with one attached hydrogen (secondary N) is 1. The lowest BCUT2D eigenvalue weighted by atomic mass is 10.1. The normalized spacial score (nSPS) is 10.9. The monoisotopic (exact) mass is 396 g/mol. The summed E-state index contributed by atoms with van der Waals surface area (Å²) in [7, 11) is 1.36. The molecule has 0 aliphatic rings. The van der Waals surface area contributed by atoms with Gasteiger partial charge in [-0.2, -0.15) is 0 Å². The van der Waals surface area contributed by atoms with Gasteiger partial charge >= 0.3 is 5.69 Å². The molecule has 1 aromatic heterocycles. The van der Waals surface area contributed by atoms with Gasteiger partial charge in [0.1, 0.15) is 23.0 Å². The van der Waals surface area contributed by atoms with Crippen LogP contribution in [0.4, 0.5) is 20.3 Å². The minimum Gasteiger partial charge on any atom is -0.383 e. The average Bonchev–Trinajstić information content (AvgIpc) is 2.63. The molecule has 0 spiro atoms. The Morgan fingerprint density at radius 1 is 1.29 bits per heavy atom. The Balaban J connectivity index is 2.65. The molecular formula is C18H22F2N4O4. The molecule has 0 fully saturated rings. The Labute approximate surface area is 159 Å². The maximum absolute atomic E-state index is 14.1. The van der Waals surface area contributed by atoms with Gasteiger partial charge in [-0.15, -0.1) is 0 Å². The molecule has 2 aromatic rings. The Bertz CT molecular complexity index is 951. The standard InChI is InChI=1S/C18H22F2N4O4/c1-3-4-8-24-15(21)14(16(25)22-18(24)27)23(9-10-28-2)17(26)13-11(19)6-5-7-12(13)20/h5-7H,3-4,8-10,21H2,1-2H3,(H,22,25,27). The molecule has 10 heteroatoms. The van der Waals surface area contributed by atoms with Gasteiger partial charge in [0.15, 0.2) is 5.69 Å². The number of unbranched alkanes of at least 4 members (excludes halogenated alkanes) is 1. The summed E-state index contributed by atoms with van der Waals surface area (Å²) in [6, 6.07) is 2.98. The second-order valence-corrected chi connectivity index (χ2v) is 6.04. The second-order valence-electron chi connectivity index (χ2n) is 6.04. The number of halogens is 2. The van der Waals surface area contributed by atoms with E-state index in [4.69, 9.17) is 10.5 Å². The molecule has 1 heterocycles.